The Balaban J connectivity index is 1.50. The summed E-state index contributed by atoms with van der Waals surface area (Å²) in [5.41, 5.74) is 3.57. The van der Waals surface area contributed by atoms with Gasteiger partial charge in [0.2, 0.25) is 0 Å². The first-order chi connectivity index (χ1) is 11.7. The van der Waals surface area contributed by atoms with Gasteiger partial charge in [-0.1, -0.05) is 72.3 Å². The summed E-state index contributed by atoms with van der Waals surface area (Å²) in [5.74, 6) is 0. The lowest BCUT2D eigenvalue weighted by molar-refractivity contribution is 0.240. The van der Waals surface area contributed by atoms with Crippen LogP contribution < -0.4 is 10.6 Å². The van der Waals surface area contributed by atoms with Crippen LogP contribution >= 0.6 is 0 Å². The number of amides is 2. The smallest absolute Gasteiger partial charge is 0.315 e. The van der Waals surface area contributed by atoms with E-state index in [4.69, 9.17) is 0 Å². The molecule has 0 unspecified atom stereocenters. The summed E-state index contributed by atoms with van der Waals surface area (Å²) in [5, 5.41) is 8.32. The topological polar surface area (TPSA) is 41.1 Å². The molecule has 2 amide bonds. The zero-order chi connectivity index (χ0) is 16.8. The predicted molar refractivity (Wildman–Crippen MR) is 99.1 cm³/mol. The average Bonchev–Trinajstić information content (AvgIpc) is 2.60. The highest BCUT2D eigenvalue weighted by molar-refractivity contribution is 5.85. The normalized spacial score (nSPS) is 10.5. The highest BCUT2D eigenvalue weighted by atomic mass is 16.2. The molecule has 3 aromatic carbocycles. The van der Waals surface area contributed by atoms with E-state index in [0.29, 0.717) is 13.1 Å². The number of rotatable bonds is 5. The average molecular weight is 318 g/mol. The number of hydrogen-bond donors (Lipinski definition) is 2. The van der Waals surface area contributed by atoms with E-state index in [0.717, 1.165) is 12.0 Å². The second kappa shape index (κ2) is 7.64. The van der Waals surface area contributed by atoms with E-state index in [1.54, 1.807) is 0 Å². The van der Waals surface area contributed by atoms with Crippen LogP contribution in [0.1, 0.15) is 16.7 Å². The van der Waals surface area contributed by atoms with Crippen LogP contribution in [0.4, 0.5) is 4.79 Å². The van der Waals surface area contributed by atoms with Crippen LogP contribution in [0.15, 0.2) is 66.7 Å². The van der Waals surface area contributed by atoms with Crippen molar-refractivity contribution in [1.82, 2.24) is 10.6 Å². The molecule has 0 spiro atoms. The molecule has 0 aromatic heterocycles. The summed E-state index contributed by atoms with van der Waals surface area (Å²) < 4.78 is 0. The molecule has 0 saturated heterocycles. The molecule has 2 N–H and O–H groups in total. The zero-order valence-electron chi connectivity index (χ0n) is 13.9. The van der Waals surface area contributed by atoms with E-state index in [1.165, 1.54) is 21.9 Å². The number of carbonyl (C=O) groups excluding carboxylic acids is 1. The van der Waals surface area contributed by atoms with Gasteiger partial charge in [0.25, 0.3) is 0 Å². The summed E-state index contributed by atoms with van der Waals surface area (Å²) in [6.45, 7) is 3.21. The molecule has 0 aliphatic rings. The third kappa shape index (κ3) is 4.13. The standard InChI is InChI=1S/C21H22N2O/c1-16-6-4-7-17(14-16)15-23-21(24)22-13-12-19-10-5-9-18-8-2-3-11-20(18)19/h2-11,14H,12-13,15H2,1H3,(H2,22,23,24). The van der Waals surface area contributed by atoms with Crippen LogP contribution in [0.5, 0.6) is 0 Å². The number of urea groups is 1. The minimum absolute atomic E-state index is 0.128. The molecule has 0 radical (unpaired) electrons. The van der Waals surface area contributed by atoms with Crippen LogP contribution in [-0.2, 0) is 13.0 Å². The van der Waals surface area contributed by atoms with Gasteiger partial charge in [-0.3, -0.25) is 0 Å². The van der Waals surface area contributed by atoms with E-state index in [-0.39, 0.29) is 6.03 Å². The molecular weight excluding hydrogens is 296 g/mol. The molecule has 0 heterocycles. The lowest BCUT2D eigenvalue weighted by Gasteiger charge is -2.10. The minimum Gasteiger partial charge on any atom is -0.338 e. The highest BCUT2D eigenvalue weighted by Gasteiger charge is 2.03. The summed E-state index contributed by atoms with van der Waals surface area (Å²) in [6.07, 6.45) is 0.819. The molecular formula is C21H22N2O. The number of carbonyl (C=O) groups is 1. The number of fused-ring (bicyclic) bond motifs is 1. The van der Waals surface area contributed by atoms with Crippen LogP contribution in [0, 0.1) is 6.92 Å². The van der Waals surface area contributed by atoms with Gasteiger partial charge in [-0.15, -0.1) is 0 Å². The molecule has 24 heavy (non-hydrogen) atoms. The Morgan fingerprint density at radius 1 is 0.917 bits per heavy atom. The van der Waals surface area contributed by atoms with Crippen molar-refractivity contribution in [2.24, 2.45) is 0 Å². The maximum Gasteiger partial charge on any atom is 0.315 e. The van der Waals surface area contributed by atoms with Crippen LogP contribution in [0.3, 0.4) is 0 Å². The molecule has 122 valence electrons. The van der Waals surface area contributed by atoms with Gasteiger partial charge in [0, 0.05) is 13.1 Å². The summed E-state index contributed by atoms with van der Waals surface area (Å²) in [4.78, 5) is 11.9. The Morgan fingerprint density at radius 2 is 1.71 bits per heavy atom. The first kappa shape index (κ1) is 16.1. The van der Waals surface area contributed by atoms with Crippen LogP contribution in [-0.4, -0.2) is 12.6 Å². The van der Waals surface area contributed by atoms with Crippen molar-refractivity contribution in [3.8, 4) is 0 Å². The molecule has 3 nitrogen and oxygen atoms in total. The van der Waals surface area contributed by atoms with Crippen molar-refractivity contribution in [3.05, 3.63) is 83.4 Å². The minimum atomic E-state index is -0.128. The number of hydrogen-bond acceptors (Lipinski definition) is 1. The second-order valence-electron chi connectivity index (χ2n) is 5.99. The van der Waals surface area contributed by atoms with Crippen molar-refractivity contribution in [3.63, 3.8) is 0 Å². The fourth-order valence-electron chi connectivity index (χ4n) is 2.89. The summed E-state index contributed by atoms with van der Waals surface area (Å²) in [6, 6.07) is 22.7. The Hall–Kier alpha value is -2.81. The molecule has 3 rings (SSSR count). The van der Waals surface area contributed by atoms with Crippen molar-refractivity contribution in [2.75, 3.05) is 6.54 Å². The van der Waals surface area contributed by atoms with E-state index in [2.05, 4.69) is 47.0 Å². The van der Waals surface area contributed by atoms with Gasteiger partial charge in [-0.2, -0.15) is 0 Å². The van der Waals surface area contributed by atoms with Gasteiger partial charge >= 0.3 is 6.03 Å². The molecule has 0 aliphatic carbocycles. The fraction of sp³-hybridized carbons (Fsp3) is 0.190. The summed E-state index contributed by atoms with van der Waals surface area (Å²) in [7, 11) is 0. The van der Waals surface area contributed by atoms with Crippen molar-refractivity contribution >= 4 is 16.8 Å². The number of aryl methyl sites for hydroxylation is 1. The Morgan fingerprint density at radius 3 is 2.58 bits per heavy atom. The fourth-order valence-corrected chi connectivity index (χ4v) is 2.89. The van der Waals surface area contributed by atoms with Gasteiger partial charge in [-0.25, -0.2) is 4.79 Å². The van der Waals surface area contributed by atoms with Gasteiger partial charge < -0.3 is 10.6 Å². The van der Waals surface area contributed by atoms with Crippen molar-refractivity contribution < 1.29 is 4.79 Å². The molecule has 3 aromatic rings. The molecule has 0 saturated carbocycles. The van der Waals surface area contributed by atoms with Crippen molar-refractivity contribution in [1.29, 1.82) is 0 Å². The SMILES string of the molecule is Cc1cccc(CNC(=O)NCCc2cccc3ccccc23)c1. The Kier molecular flexibility index (Phi) is 5.12. The maximum atomic E-state index is 11.9. The number of benzene rings is 3. The van der Waals surface area contributed by atoms with Crippen molar-refractivity contribution in [2.45, 2.75) is 19.9 Å². The molecule has 0 atom stereocenters. The van der Waals surface area contributed by atoms with E-state index in [9.17, 15) is 4.79 Å². The lowest BCUT2D eigenvalue weighted by atomic mass is 10.0. The molecule has 0 fully saturated rings. The summed E-state index contributed by atoms with van der Waals surface area (Å²) >= 11 is 0. The second-order valence-corrected chi connectivity index (χ2v) is 5.99. The van der Waals surface area contributed by atoms with Gasteiger partial charge in [0.15, 0.2) is 0 Å². The highest BCUT2D eigenvalue weighted by Crippen LogP contribution is 2.18. The van der Waals surface area contributed by atoms with Crippen LogP contribution in [0.2, 0.25) is 0 Å². The van der Waals surface area contributed by atoms with Gasteiger partial charge in [0.1, 0.15) is 0 Å². The number of nitrogens with one attached hydrogen (secondary N) is 2. The first-order valence-corrected chi connectivity index (χ1v) is 8.26. The van der Waals surface area contributed by atoms with E-state index >= 15 is 0 Å². The molecule has 3 heteroatoms. The first-order valence-electron chi connectivity index (χ1n) is 8.26. The monoisotopic (exact) mass is 318 g/mol. The molecule has 0 aliphatic heterocycles. The lowest BCUT2D eigenvalue weighted by Crippen LogP contribution is -2.36. The van der Waals surface area contributed by atoms with E-state index in [1.807, 2.05) is 37.3 Å². The third-order valence-electron chi connectivity index (χ3n) is 4.10. The largest absolute Gasteiger partial charge is 0.338 e. The molecule has 0 bridgehead atoms. The Labute approximate surface area is 142 Å². The van der Waals surface area contributed by atoms with Gasteiger partial charge in [-0.05, 0) is 35.2 Å². The predicted octanol–water partition coefficient (Wildman–Crippen LogP) is 4.19. The quantitative estimate of drug-likeness (QED) is 0.727. The third-order valence-corrected chi connectivity index (χ3v) is 4.10. The Bertz CT molecular complexity index is 837. The van der Waals surface area contributed by atoms with Crippen LogP contribution in [0.25, 0.3) is 10.8 Å². The maximum absolute atomic E-state index is 11.9. The zero-order valence-corrected chi connectivity index (χ0v) is 13.9. The van der Waals surface area contributed by atoms with Gasteiger partial charge in [0.05, 0.1) is 0 Å². The van der Waals surface area contributed by atoms with E-state index < -0.39 is 0 Å².